The number of phenolic OH excluding ortho intramolecular Hbond substituents is 3. The summed E-state index contributed by atoms with van der Waals surface area (Å²) in [6.45, 7) is -2.31. The largest absolute Gasteiger partial charge is 0.507 e. The van der Waals surface area contributed by atoms with Crippen LogP contribution in [0.15, 0.2) is 91.2 Å². The molecule has 3 fully saturated rings. The van der Waals surface area contributed by atoms with Crippen molar-refractivity contribution in [3.63, 3.8) is 0 Å². The van der Waals surface area contributed by atoms with E-state index >= 15 is 0 Å². The second kappa shape index (κ2) is 20.4. The van der Waals surface area contributed by atoms with Gasteiger partial charge in [0, 0.05) is 47.0 Å². The fourth-order valence-electron chi connectivity index (χ4n) is 8.73. The molecular weight excluding hydrogens is 977 g/mol. The molecule has 6 aromatic rings. The molecule has 73 heavy (non-hydrogen) atoms. The van der Waals surface area contributed by atoms with Crippen LogP contribution >= 0.6 is 0 Å². The second-order valence-electron chi connectivity index (χ2n) is 17.4. The predicted octanol–water partition coefficient (Wildman–Crippen LogP) is -2.45. The zero-order chi connectivity index (χ0) is 52.3. The first kappa shape index (κ1) is 51.4. The lowest BCUT2D eigenvalue weighted by molar-refractivity contribution is -0.277. The van der Waals surface area contributed by atoms with Crippen LogP contribution in [0.1, 0.15) is 0 Å². The first-order chi connectivity index (χ1) is 34.8. The molecule has 390 valence electrons. The number of aliphatic hydroxyl groups is 12. The molecule has 0 radical (unpaired) electrons. The lowest BCUT2D eigenvalue weighted by Crippen LogP contribution is -2.60. The summed E-state index contributed by atoms with van der Waals surface area (Å²) >= 11 is 0. The molecule has 0 unspecified atom stereocenters. The Bertz CT molecular complexity index is 3100. The Kier molecular flexibility index (Phi) is 14.4. The van der Waals surface area contributed by atoms with Crippen molar-refractivity contribution in [1.82, 2.24) is 0 Å². The molecule has 0 bridgehead atoms. The highest BCUT2D eigenvalue weighted by Crippen LogP contribution is 2.47. The van der Waals surface area contributed by atoms with E-state index in [0.29, 0.717) is 0 Å². The first-order valence-corrected chi connectivity index (χ1v) is 22.3. The summed E-state index contributed by atoms with van der Waals surface area (Å²) in [5.74, 6) is -3.10. The monoisotopic (exact) mass is 1020 g/mol. The minimum absolute atomic E-state index is 0.00372. The van der Waals surface area contributed by atoms with E-state index in [4.69, 9.17) is 37.3 Å². The van der Waals surface area contributed by atoms with Crippen LogP contribution in [0.5, 0.6) is 34.5 Å². The van der Waals surface area contributed by atoms with Crippen LogP contribution in [0.3, 0.4) is 0 Å². The van der Waals surface area contributed by atoms with Gasteiger partial charge in [0.15, 0.2) is 16.4 Å². The lowest BCUT2D eigenvalue weighted by atomic mass is 9.96. The second-order valence-corrected chi connectivity index (χ2v) is 17.4. The van der Waals surface area contributed by atoms with Gasteiger partial charge in [-0.3, -0.25) is 9.59 Å². The number of hydrogen-bond acceptors (Lipinski definition) is 25. The molecule has 2 aromatic heterocycles. The topological polar surface area (TPSA) is 419 Å². The number of ether oxygens (including phenoxy) is 6. The van der Waals surface area contributed by atoms with E-state index in [9.17, 15) is 86.2 Å². The molecular formula is C48H48O25. The average molecular weight is 1020 g/mol. The van der Waals surface area contributed by atoms with Gasteiger partial charge in [-0.05, 0) is 42.5 Å². The summed E-state index contributed by atoms with van der Waals surface area (Å²) in [6, 6.07) is 14.2. The Morgan fingerprint density at radius 2 is 0.904 bits per heavy atom. The fraction of sp³-hybridized carbons (Fsp3) is 0.375. The van der Waals surface area contributed by atoms with Gasteiger partial charge in [-0.25, -0.2) is 0 Å². The van der Waals surface area contributed by atoms with Gasteiger partial charge < -0.3 is 114 Å². The number of benzene rings is 4. The quantitative estimate of drug-likeness (QED) is 0.0605. The molecule has 15 atom stereocenters. The molecule has 0 aliphatic carbocycles. The zero-order valence-corrected chi connectivity index (χ0v) is 37.5. The number of fused-ring (bicyclic) bond motifs is 2. The normalized spacial score (nSPS) is 30.6. The van der Waals surface area contributed by atoms with E-state index < -0.39 is 151 Å². The van der Waals surface area contributed by atoms with E-state index in [0.717, 1.165) is 30.3 Å². The Hall–Kier alpha value is -6.50. The lowest BCUT2D eigenvalue weighted by Gasteiger charge is -2.39. The van der Waals surface area contributed by atoms with Crippen molar-refractivity contribution in [3.8, 4) is 68.3 Å². The molecule has 15 N–H and O–H groups in total. The van der Waals surface area contributed by atoms with Crippen LogP contribution in [-0.4, -0.2) is 189 Å². The molecule has 3 aliphatic rings. The minimum atomic E-state index is -1.96. The molecule has 25 nitrogen and oxygen atoms in total. The summed E-state index contributed by atoms with van der Waals surface area (Å²) in [4.78, 5) is 27.6. The maximum atomic E-state index is 13.9. The molecule has 9 rings (SSSR count). The molecule has 5 heterocycles. The molecule has 0 amide bonds. The van der Waals surface area contributed by atoms with Crippen LogP contribution in [0.25, 0.3) is 55.7 Å². The van der Waals surface area contributed by atoms with Crippen LogP contribution in [0.2, 0.25) is 0 Å². The van der Waals surface area contributed by atoms with Gasteiger partial charge in [-0.2, -0.15) is 0 Å². The van der Waals surface area contributed by atoms with Crippen molar-refractivity contribution < 1.29 is 114 Å². The number of rotatable bonds is 12. The Morgan fingerprint density at radius 3 is 1.44 bits per heavy atom. The number of phenols is 3. The van der Waals surface area contributed by atoms with Crippen LogP contribution < -0.4 is 25.1 Å². The zero-order valence-electron chi connectivity index (χ0n) is 37.5. The molecule has 4 aromatic carbocycles. The van der Waals surface area contributed by atoms with Gasteiger partial charge in [0.05, 0.1) is 25.4 Å². The van der Waals surface area contributed by atoms with Gasteiger partial charge in [-0.15, -0.1) is 0 Å². The Morgan fingerprint density at radius 1 is 0.438 bits per heavy atom. The van der Waals surface area contributed by atoms with Crippen LogP contribution in [0.4, 0.5) is 0 Å². The fourth-order valence-corrected chi connectivity index (χ4v) is 8.73. The highest BCUT2D eigenvalue weighted by Gasteiger charge is 2.47. The highest BCUT2D eigenvalue weighted by atomic mass is 16.7. The Balaban J connectivity index is 1.14. The van der Waals surface area contributed by atoms with E-state index in [1.807, 2.05) is 0 Å². The summed E-state index contributed by atoms with van der Waals surface area (Å²) < 4.78 is 46.2. The van der Waals surface area contributed by atoms with E-state index in [1.54, 1.807) is 0 Å². The van der Waals surface area contributed by atoms with E-state index in [-0.39, 0.29) is 62.0 Å². The van der Waals surface area contributed by atoms with Gasteiger partial charge >= 0.3 is 0 Å². The maximum absolute atomic E-state index is 13.9. The van der Waals surface area contributed by atoms with Crippen LogP contribution in [0, 0.1) is 0 Å². The summed E-state index contributed by atoms with van der Waals surface area (Å²) in [5.41, 5.74) is -2.85. The smallest absolute Gasteiger partial charge is 0.229 e. The first-order valence-electron chi connectivity index (χ1n) is 22.3. The number of aliphatic hydroxyl groups excluding tert-OH is 12. The molecule has 3 aliphatic heterocycles. The van der Waals surface area contributed by atoms with E-state index in [1.165, 1.54) is 42.5 Å². The predicted molar refractivity (Wildman–Crippen MR) is 243 cm³/mol. The third kappa shape index (κ3) is 9.53. The molecule has 0 spiro atoms. The summed E-state index contributed by atoms with van der Waals surface area (Å²) in [5, 5.41) is 156. The van der Waals surface area contributed by atoms with Crippen molar-refractivity contribution in [2.45, 2.75) is 92.1 Å². The summed E-state index contributed by atoms with van der Waals surface area (Å²) in [6.07, 6.45) is -25.2. The van der Waals surface area contributed by atoms with Gasteiger partial charge in [0.25, 0.3) is 0 Å². The van der Waals surface area contributed by atoms with Gasteiger partial charge in [0.2, 0.25) is 18.9 Å². The molecule has 25 heteroatoms. The van der Waals surface area contributed by atoms with Crippen molar-refractivity contribution in [2.75, 3.05) is 19.8 Å². The molecule has 3 saturated heterocycles. The van der Waals surface area contributed by atoms with Gasteiger partial charge in [-0.1, -0.05) is 0 Å². The Labute approximate surface area is 408 Å². The highest BCUT2D eigenvalue weighted by molar-refractivity contribution is 6.01. The summed E-state index contributed by atoms with van der Waals surface area (Å²) in [7, 11) is 0. The third-order valence-corrected chi connectivity index (χ3v) is 12.7. The van der Waals surface area contributed by atoms with Crippen LogP contribution in [-0.2, 0) is 14.2 Å². The number of hydrogen-bond donors (Lipinski definition) is 15. The molecule has 0 saturated carbocycles. The van der Waals surface area contributed by atoms with Crippen molar-refractivity contribution in [1.29, 1.82) is 0 Å². The maximum Gasteiger partial charge on any atom is 0.229 e. The third-order valence-electron chi connectivity index (χ3n) is 12.7. The average Bonchev–Trinajstić information content (AvgIpc) is 3.36. The number of aromatic hydroxyl groups is 3. The van der Waals surface area contributed by atoms with E-state index in [2.05, 4.69) is 0 Å². The van der Waals surface area contributed by atoms with Crippen molar-refractivity contribution in [3.05, 3.63) is 93.2 Å². The van der Waals surface area contributed by atoms with Crippen molar-refractivity contribution in [2.24, 2.45) is 0 Å². The minimum Gasteiger partial charge on any atom is -0.507 e. The van der Waals surface area contributed by atoms with Gasteiger partial charge in [0.1, 0.15) is 136 Å². The van der Waals surface area contributed by atoms with Crippen molar-refractivity contribution >= 4 is 21.9 Å². The SMILES string of the molecule is O=c1cc(-c2ccc(O[C@@H]3O[C@H](CO)[C@@H](O)[C@H](O)[C@H]3O)c(-c3c(O)cc(O)c4c(=O)cc(-c5ccc(O[C@@H]6O[C@H](CO)[C@@H](O)[C@H](O)[C@H]6O)cc5)oc34)c2)oc2cc(O[C@@H]3O[C@H](CO)[C@@H](O)[C@H](O)[C@H]3O)cc(O)c12. The standard InChI is InChI=1S/C48H48O25/c49-13-30-36(57)39(60)42(63)46(71-30)66-18-4-1-16(2-5-18)27-12-25(56)35-23(54)10-22(53)33(45(35)69-27)20-7-17(3-6-26(20)70-48-44(65)41(62)38(59)32(15-51)73-48)28-11-24(55)34-21(52)8-19(9-29(34)68-28)67-47-43(64)40(61)37(58)31(14-50)72-47/h1-12,30-32,36-44,46-54,57-65H,13-15H2/t30-,31-,32-,36-,37-,38-,39+,40+,41+,42-,43-,44-,46-,47-,48-/m1/s1.